The van der Waals surface area contributed by atoms with E-state index in [0.717, 1.165) is 29.8 Å². The highest BCUT2D eigenvalue weighted by Crippen LogP contribution is 2.37. The molecule has 0 radical (unpaired) electrons. The van der Waals surface area contributed by atoms with E-state index in [1.165, 1.54) is 5.56 Å². The number of carbonyl (C=O) groups is 1. The SMILES string of the molecule is COc1ccccc1C(C)(C)CCC(C)(C)OC(=O)N(C)c1cccc(C(C)(C)C)c1. The number of anilines is 1. The van der Waals surface area contributed by atoms with Gasteiger partial charge in [0.05, 0.1) is 7.11 Å². The van der Waals surface area contributed by atoms with E-state index >= 15 is 0 Å². The molecule has 0 aliphatic rings. The molecular formula is C27H39NO3. The van der Waals surface area contributed by atoms with Crippen LogP contribution in [0.1, 0.15) is 72.4 Å². The van der Waals surface area contributed by atoms with Gasteiger partial charge in [-0.3, -0.25) is 4.90 Å². The summed E-state index contributed by atoms with van der Waals surface area (Å²) in [5, 5.41) is 0. The van der Waals surface area contributed by atoms with Gasteiger partial charge in [0.1, 0.15) is 11.4 Å². The van der Waals surface area contributed by atoms with E-state index in [1.807, 2.05) is 44.2 Å². The summed E-state index contributed by atoms with van der Waals surface area (Å²) in [7, 11) is 3.46. The fraction of sp³-hybridized carbons (Fsp3) is 0.519. The first kappa shape index (κ1) is 24.8. The second kappa shape index (κ2) is 9.33. The molecule has 2 aromatic carbocycles. The summed E-state index contributed by atoms with van der Waals surface area (Å²) >= 11 is 0. The molecule has 0 aliphatic carbocycles. The zero-order valence-corrected chi connectivity index (χ0v) is 20.7. The zero-order valence-electron chi connectivity index (χ0n) is 20.7. The van der Waals surface area contributed by atoms with Crippen LogP contribution in [0.3, 0.4) is 0 Å². The molecule has 2 aromatic rings. The van der Waals surface area contributed by atoms with Crippen LogP contribution >= 0.6 is 0 Å². The van der Waals surface area contributed by atoms with Crippen LogP contribution < -0.4 is 9.64 Å². The Bertz CT molecular complexity index is 893. The molecule has 0 heterocycles. The predicted molar refractivity (Wildman–Crippen MR) is 129 cm³/mol. The molecule has 31 heavy (non-hydrogen) atoms. The Morgan fingerprint density at radius 2 is 1.55 bits per heavy atom. The summed E-state index contributed by atoms with van der Waals surface area (Å²) in [6, 6.07) is 16.2. The quantitative estimate of drug-likeness (QED) is 0.475. The van der Waals surface area contributed by atoms with E-state index < -0.39 is 5.60 Å². The van der Waals surface area contributed by atoms with Crippen LogP contribution in [-0.2, 0) is 15.6 Å². The molecule has 0 bridgehead atoms. The molecule has 0 aromatic heterocycles. The Morgan fingerprint density at radius 1 is 0.903 bits per heavy atom. The van der Waals surface area contributed by atoms with Crippen molar-refractivity contribution >= 4 is 11.8 Å². The van der Waals surface area contributed by atoms with Crippen LogP contribution in [0.25, 0.3) is 0 Å². The van der Waals surface area contributed by atoms with Gasteiger partial charge in [-0.2, -0.15) is 0 Å². The van der Waals surface area contributed by atoms with Crippen molar-refractivity contribution in [3.05, 3.63) is 59.7 Å². The molecule has 0 aliphatic heterocycles. The number of rotatable bonds is 7. The van der Waals surface area contributed by atoms with Crippen molar-refractivity contribution in [2.45, 2.75) is 77.7 Å². The smallest absolute Gasteiger partial charge is 0.414 e. The fourth-order valence-corrected chi connectivity index (χ4v) is 3.59. The van der Waals surface area contributed by atoms with Crippen molar-refractivity contribution in [1.82, 2.24) is 0 Å². The van der Waals surface area contributed by atoms with Gasteiger partial charge in [-0.25, -0.2) is 4.79 Å². The van der Waals surface area contributed by atoms with Crippen molar-refractivity contribution < 1.29 is 14.3 Å². The van der Waals surface area contributed by atoms with Gasteiger partial charge in [-0.15, -0.1) is 0 Å². The lowest BCUT2D eigenvalue weighted by atomic mass is 9.78. The average Bonchev–Trinajstić information content (AvgIpc) is 2.71. The van der Waals surface area contributed by atoms with Crippen molar-refractivity contribution in [3.8, 4) is 5.75 Å². The number of hydrogen-bond acceptors (Lipinski definition) is 3. The summed E-state index contributed by atoms with van der Waals surface area (Å²) < 4.78 is 11.5. The van der Waals surface area contributed by atoms with Crippen molar-refractivity contribution in [2.24, 2.45) is 0 Å². The highest BCUT2D eigenvalue weighted by molar-refractivity contribution is 5.87. The third kappa shape index (κ3) is 6.49. The Morgan fingerprint density at radius 3 is 2.16 bits per heavy atom. The molecule has 0 saturated heterocycles. The standard InChI is InChI=1S/C27H39NO3/c1-25(2,3)20-13-12-14-21(19-20)28(8)24(29)31-27(6,7)18-17-26(4,5)22-15-10-11-16-23(22)30-9/h10-16,19H,17-18H2,1-9H3. The lowest BCUT2D eigenvalue weighted by molar-refractivity contribution is 0.0327. The Balaban J connectivity index is 2.07. The Hall–Kier alpha value is -2.49. The van der Waals surface area contributed by atoms with Crippen LogP contribution in [0.5, 0.6) is 5.75 Å². The Kier molecular flexibility index (Phi) is 7.46. The number of para-hydroxylation sites is 1. The summed E-state index contributed by atoms with van der Waals surface area (Å²) in [5.74, 6) is 0.890. The van der Waals surface area contributed by atoms with Gasteiger partial charge in [-0.1, -0.05) is 65.0 Å². The molecule has 4 nitrogen and oxygen atoms in total. The Labute approximate surface area is 188 Å². The largest absolute Gasteiger partial charge is 0.496 e. The van der Waals surface area contributed by atoms with E-state index in [-0.39, 0.29) is 16.9 Å². The molecule has 170 valence electrons. The number of amides is 1. The highest BCUT2D eigenvalue weighted by Gasteiger charge is 2.31. The summed E-state index contributed by atoms with van der Waals surface area (Å²) in [5.41, 5.74) is 2.50. The molecule has 4 heteroatoms. The van der Waals surface area contributed by atoms with Crippen molar-refractivity contribution in [1.29, 1.82) is 0 Å². The maximum absolute atomic E-state index is 12.9. The number of ether oxygens (including phenoxy) is 2. The van der Waals surface area contributed by atoms with Crippen LogP contribution in [0.4, 0.5) is 10.5 Å². The summed E-state index contributed by atoms with van der Waals surface area (Å²) in [6.07, 6.45) is 1.25. The number of hydrogen-bond donors (Lipinski definition) is 0. The maximum atomic E-state index is 12.9. The van der Waals surface area contributed by atoms with E-state index in [1.54, 1.807) is 19.1 Å². The van der Waals surface area contributed by atoms with E-state index in [4.69, 9.17) is 9.47 Å². The topological polar surface area (TPSA) is 38.8 Å². The molecule has 0 unspecified atom stereocenters. The van der Waals surface area contributed by atoms with Gasteiger partial charge in [0, 0.05) is 12.7 Å². The van der Waals surface area contributed by atoms with Crippen LogP contribution in [-0.4, -0.2) is 25.9 Å². The summed E-state index contributed by atoms with van der Waals surface area (Å²) in [6.45, 7) is 14.8. The highest BCUT2D eigenvalue weighted by atomic mass is 16.6. The molecule has 0 fully saturated rings. The predicted octanol–water partition coefficient (Wildman–Crippen LogP) is 7.10. The minimum absolute atomic E-state index is 0.0180. The van der Waals surface area contributed by atoms with Gasteiger partial charge in [0.25, 0.3) is 0 Å². The molecule has 2 rings (SSSR count). The first-order chi connectivity index (χ1) is 14.3. The minimum atomic E-state index is -0.591. The first-order valence-corrected chi connectivity index (χ1v) is 11.0. The third-order valence-electron chi connectivity index (χ3n) is 5.93. The number of nitrogens with zero attached hydrogens (tertiary/aromatic N) is 1. The van der Waals surface area contributed by atoms with Gasteiger partial charge in [-0.05, 0) is 66.8 Å². The normalized spacial score (nSPS) is 12.4. The van der Waals surface area contributed by atoms with Crippen molar-refractivity contribution in [3.63, 3.8) is 0 Å². The minimum Gasteiger partial charge on any atom is -0.496 e. The number of methoxy groups -OCH3 is 1. The first-order valence-electron chi connectivity index (χ1n) is 11.0. The second-order valence-corrected chi connectivity index (χ2v) is 10.6. The van der Waals surface area contributed by atoms with Crippen LogP contribution in [0.2, 0.25) is 0 Å². The van der Waals surface area contributed by atoms with Crippen molar-refractivity contribution in [2.75, 3.05) is 19.1 Å². The molecule has 1 amide bonds. The molecule has 0 atom stereocenters. The molecule has 0 saturated carbocycles. The molecule has 0 N–H and O–H groups in total. The lowest BCUT2D eigenvalue weighted by Crippen LogP contribution is -2.37. The molecular weight excluding hydrogens is 386 g/mol. The molecule has 0 spiro atoms. The average molecular weight is 426 g/mol. The van der Waals surface area contributed by atoms with Crippen LogP contribution in [0.15, 0.2) is 48.5 Å². The van der Waals surface area contributed by atoms with E-state index in [2.05, 4.69) is 52.8 Å². The zero-order chi connectivity index (χ0) is 23.4. The van der Waals surface area contributed by atoms with Crippen LogP contribution in [0, 0.1) is 0 Å². The van der Waals surface area contributed by atoms with E-state index in [0.29, 0.717) is 0 Å². The van der Waals surface area contributed by atoms with E-state index in [9.17, 15) is 4.79 Å². The monoisotopic (exact) mass is 425 g/mol. The number of carbonyl (C=O) groups excluding carboxylic acids is 1. The lowest BCUT2D eigenvalue weighted by Gasteiger charge is -2.33. The maximum Gasteiger partial charge on any atom is 0.414 e. The van der Waals surface area contributed by atoms with Gasteiger partial charge in [0.15, 0.2) is 0 Å². The third-order valence-corrected chi connectivity index (χ3v) is 5.93. The fourth-order valence-electron chi connectivity index (χ4n) is 3.59. The second-order valence-electron chi connectivity index (χ2n) is 10.6. The van der Waals surface area contributed by atoms with Gasteiger partial charge < -0.3 is 9.47 Å². The van der Waals surface area contributed by atoms with Gasteiger partial charge in [0.2, 0.25) is 0 Å². The van der Waals surface area contributed by atoms with Gasteiger partial charge >= 0.3 is 6.09 Å². The number of benzene rings is 2. The summed E-state index contributed by atoms with van der Waals surface area (Å²) in [4.78, 5) is 14.5.